The lowest BCUT2D eigenvalue weighted by Gasteiger charge is -2.22. The number of nitrogens with one attached hydrogen (secondary N) is 1. The van der Waals surface area contributed by atoms with E-state index in [4.69, 9.17) is 0 Å². The summed E-state index contributed by atoms with van der Waals surface area (Å²) in [5.74, 6) is 0.966. The Balaban J connectivity index is 1.59. The van der Waals surface area contributed by atoms with Gasteiger partial charge in [-0.15, -0.1) is 0 Å². The quantitative estimate of drug-likeness (QED) is 0.735. The van der Waals surface area contributed by atoms with Crippen LogP contribution in [0.1, 0.15) is 50.4 Å². The number of hydrogen-bond donors (Lipinski definition) is 1. The molecule has 1 amide bonds. The van der Waals surface area contributed by atoms with Crippen molar-refractivity contribution >= 4 is 22.6 Å². The summed E-state index contributed by atoms with van der Waals surface area (Å²) in [6.45, 7) is 3.82. The molecular formula is C19H26N4OS. The number of aromatic nitrogens is 2. The van der Waals surface area contributed by atoms with Crippen LogP contribution in [0.3, 0.4) is 0 Å². The molecule has 2 heterocycles. The third-order valence-corrected chi connectivity index (χ3v) is 5.33. The van der Waals surface area contributed by atoms with Gasteiger partial charge in [-0.2, -0.15) is 4.37 Å². The first-order valence-electron chi connectivity index (χ1n) is 9.19. The van der Waals surface area contributed by atoms with E-state index in [0.717, 1.165) is 56.1 Å². The highest BCUT2D eigenvalue weighted by Gasteiger charge is 2.32. The smallest absolute Gasteiger partial charge is 0.242 e. The van der Waals surface area contributed by atoms with Gasteiger partial charge in [0, 0.05) is 31.0 Å². The van der Waals surface area contributed by atoms with Crippen molar-refractivity contribution in [3.8, 4) is 0 Å². The van der Waals surface area contributed by atoms with Gasteiger partial charge in [0.15, 0.2) is 0 Å². The normalized spacial score (nSPS) is 17.0. The minimum atomic E-state index is -0.0980. The predicted octanol–water partition coefficient (Wildman–Crippen LogP) is 3.40. The number of unbranched alkanes of at least 4 members (excludes halogenated alkanes) is 2. The topological polar surface area (TPSA) is 58.1 Å². The van der Waals surface area contributed by atoms with Crippen LogP contribution >= 0.6 is 11.5 Å². The fourth-order valence-electron chi connectivity index (χ4n) is 3.18. The van der Waals surface area contributed by atoms with Gasteiger partial charge >= 0.3 is 0 Å². The number of carbonyl (C=O) groups excluding carboxylic acids is 1. The van der Waals surface area contributed by atoms with Crippen LogP contribution in [0, 0.1) is 0 Å². The second kappa shape index (κ2) is 8.94. The molecule has 1 aliphatic rings. The van der Waals surface area contributed by atoms with Crippen molar-refractivity contribution in [1.29, 1.82) is 0 Å². The van der Waals surface area contributed by atoms with Gasteiger partial charge in [-0.3, -0.25) is 4.79 Å². The summed E-state index contributed by atoms with van der Waals surface area (Å²) in [7, 11) is 0. The van der Waals surface area contributed by atoms with E-state index in [1.165, 1.54) is 23.5 Å². The Labute approximate surface area is 153 Å². The fourth-order valence-corrected chi connectivity index (χ4v) is 3.95. The molecule has 1 aromatic carbocycles. The van der Waals surface area contributed by atoms with Crippen molar-refractivity contribution in [2.24, 2.45) is 0 Å². The Morgan fingerprint density at radius 2 is 2.16 bits per heavy atom. The SMILES string of the molecule is CCCCCNC(=O)[C@@H]1CCCN1c1nc(Cc2ccccc2)ns1. The van der Waals surface area contributed by atoms with Gasteiger partial charge in [-0.05, 0) is 24.8 Å². The van der Waals surface area contributed by atoms with Crippen molar-refractivity contribution in [3.05, 3.63) is 41.7 Å². The molecule has 1 saturated heterocycles. The van der Waals surface area contributed by atoms with Crippen molar-refractivity contribution in [2.75, 3.05) is 18.0 Å². The first-order chi connectivity index (χ1) is 12.3. The molecule has 0 saturated carbocycles. The maximum absolute atomic E-state index is 12.5. The average molecular weight is 359 g/mol. The molecule has 1 atom stereocenters. The molecule has 0 aliphatic carbocycles. The van der Waals surface area contributed by atoms with Crippen LogP contribution < -0.4 is 10.2 Å². The number of carbonyl (C=O) groups is 1. The van der Waals surface area contributed by atoms with Crippen LogP contribution in [0.25, 0.3) is 0 Å². The largest absolute Gasteiger partial charge is 0.354 e. The number of benzene rings is 1. The minimum Gasteiger partial charge on any atom is -0.354 e. The van der Waals surface area contributed by atoms with E-state index in [-0.39, 0.29) is 11.9 Å². The van der Waals surface area contributed by atoms with Gasteiger partial charge in [-0.25, -0.2) is 4.98 Å². The molecule has 1 aromatic heterocycles. The summed E-state index contributed by atoms with van der Waals surface area (Å²) >= 11 is 1.40. The first kappa shape index (κ1) is 17.9. The van der Waals surface area contributed by atoms with E-state index >= 15 is 0 Å². The number of hydrogen-bond acceptors (Lipinski definition) is 5. The van der Waals surface area contributed by atoms with Crippen LogP contribution in [0.4, 0.5) is 5.13 Å². The first-order valence-corrected chi connectivity index (χ1v) is 9.96. The Morgan fingerprint density at radius 3 is 2.96 bits per heavy atom. The van der Waals surface area contributed by atoms with Crippen molar-refractivity contribution in [3.63, 3.8) is 0 Å². The minimum absolute atomic E-state index is 0.0980. The molecule has 5 nitrogen and oxygen atoms in total. The third kappa shape index (κ3) is 4.78. The molecule has 1 fully saturated rings. The molecular weight excluding hydrogens is 332 g/mol. The molecule has 3 rings (SSSR count). The predicted molar refractivity (Wildman–Crippen MR) is 102 cm³/mol. The molecule has 2 aromatic rings. The fraction of sp³-hybridized carbons (Fsp3) is 0.526. The summed E-state index contributed by atoms with van der Waals surface area (Å²) in [6.07, 6.45) is 6.04. The standard InChI is InChI=1S/C19H26N4OS/c1-2-3-7-12-20-18(24)16-11-8-13-23(16)19-21-17(22-25-19)14-15-9-5-4-6-10-15/h4-6,9-10,16H,2-3,7-8,11-14H2,1H3,(H,20,24)/t16-/m0/s1. The highest BCUT2D eigenvalue weighted by Crippen LogP contribution is 2.27. The van der Waals surface area contributed by atoms with Crippen LogP contribution in [0.2, 0.25) is 0 Å². The lowest BCUT2D eigenvalue weighted by molar-refractivity contribution is -0.122. The van der Waals surface area contributed by atoms with Crippen LogP contribution in [-0.4, -0.2) is 34.4 Å². The molecule has 134 valence electrons. The maximum Gasteiger partial charge on any atom is 0.242 e. The van der Waals surface area contributed by atoms with E-state index < -0.39 is 0 Å². The van der Waals surface area contributed by atoms with E-state index in [1.54, 1.807) is 0 Å². The lowest BCUT2D eigenvalue weighted by Crippen LogP contribution is -2.43. The van der Waals surface area contributed by atoms with Gasteiger partial charge in [-0.1, -0.05) is 50.1 Å². The van der Waals surface area contributed by atoms with Crippen LogP contribution in [-0.2, 0) is 11.2 Å². The highest BCUT2D eigenvalue weighted by molar-refractivity contribution is 7.09. The molecule has 1 aliphatic heterocycles. The monoisotopic (exact) mass is 358 g/mol. The summed E-state index contributed by atoms with van der Waals surface area (Å²) < 4.78 is 4.49. The van der Waals surface area contributed by atoms with E-state index in [2.05, 4.69) is 38.6 Å². The highest BCUT2D eigenvalue weighted by atomic mass is 32.1. The molecule has 25 heavy (non-hydrogen) atoms. The Morgan fingerprint density at radius 1 is 1.32 bits per heavy atom. The zero-order chi connectivity index (χ0) is 17.5. The summed E-state index contributed by atoms with van der Waals surface area (Å²) in [5.41, 5.74) is 1.21. The Bertz CT molecular complexity index is 673. The van der Waals surface area contributed by atoms with Gasteiger partial charge < -0.3 is 10.2 Å². The van der Waals surface area contributed by atoms with Crippen molar-refractivity contribution in [1.82, 2.24) is 14.7 Å². The van der Waals surface area contributed by atoms with E-state index in [9.17, 15) is 4.79 Å². The van der Waals surface area contributed by atoms with Gasteiger partial charge in [0.1, 0.15) is 11.9 Å². The van der Waals surface area contributed by atoms with Gasteiger partial charge in [0.05, 0.1) is 0 Å². The van der Waals surface area contributed by atoms with Crippen LogP contribution in [0.15, 0.2) is 30.3 Å². The molecule has 0 bridgehead atoms. The molecule has 6 heteroatoms. The number of nitrogens with zero attached hydrogens (tertiary/aromatic N) is 3. The summed E-state index contributed by atoms with van der Waals surface area (Å²) in [5, 5.41) is 3.95. The molecule has 0 spiro atoms. The summed E-state index contributed by atoms with van der Waals surface area (Å²) in [4.78, 5) is 19.3. The molecule has 0 radical (unpaired) electrons. The second-order valence-corrected chi connectivity index (χ2v) is 7.24. The number of rotatable bonds is 8. The van der Waals surface area contributed by atoms with Crippen molar-refractivity contribution in [2.45, 2.75) is 51.5 Å². The number of anilines is 1. The van der Waals surface area contributed by atoms with Gasteiger partial charge in [0.2, 0.25) is 11.0 Å². The average Bonchev–Trinajstić information content (AvgIpc) is 3.28. The number of amides is 1. The van der Waals surface area contributed by atoms with E-state index in [0.29, 0.717) is 0 Å². The Hall–Kier alpha value is -1.95. The summed E-state index contributed by atoms with van der Waals surface area (Å²) in [6, 6.07) is 10.1. The lowest BCUT2D eigenvalue weighted by atomic mass is 10.1. The van der Waals surface area contributed by atoms with Crippen LogP contribution in [0.5, 0.6) is 0 Å². The zero-order valence-corrected chi connectivity index (χ0v) is 15.6. The Kier molecular flexibility index (Phi) is 6.39. The second-order valence-electron chi connectivity index (χ2n) is 6.51. The van der Waals surface area contributed by atoms with E-state index in [1.807, 2.05) is 18.2 Å². The molecule has 0 unspecified atom stereocenters. The van der Waals surface area contributed by atoms with Gasteiger partial charge in [0.25, 0.3) is 0 Å². The maximum atomic E-state index is 12.5. The molecule has 1 N–H and O–H groups in total. The van der Waals surface area contributed by atoms with Crippen molar-refractivity contribution < 1.29 is 4.79 Å². The zero-order valence-electron chi connectivity index (χ0n) is 14.8. The third-order valence-electron chi connectivity index (χ3n) is 4.54.